The van der Waals surface area contributed by atoms with Crippen molar-refractivity contribution in [2.24, 2.45) is 0 Å². The van der Waals surface area contributed by atoms with Crippen molar-refractivity contribution in [2.75, 3.05) is 6.54 Å². The van der Waals surface area contributed by atoms with Crippen LogP contribution in [0.1, 0.15) is 34.0 Å². The van der Waals surface area contributed by atoms with Gasteiger partial charge in [-0.25, -0.2) is 0 Å². The van der Waals surface area contributed by atoms with Gasteiger partial charge in [-0.05, 0) is 48.7 Å². The molecule has 2 aromatic heterocycles. The molecule has 2 nitrogen and oxygen atoms in total. The molecular weight excluding hydrogens is 344 g/mol. The molecule has 0 bridgehead atoms. The average Bonchev–Trinajstić information content (AvgIpc) is 3.11. The maximum Gasteiger partial charge on any atom is 0.0826 e. The van der Waals surface area contributed by atoms with Gasteiger partial charge in [0.05, 0.1) is 6.04 Å². The van der Waals surface area contributed by atoms with Gasteiger partial charge in [0.15, 0.2) is 0 Å². The van der Waals surface area contributed by atoms with Crippen LogP contribution in [-0.2, 0) is 12.8 Å². The van der Waals surface area contributed by atoms with E-state index >= 15 is 0 Å². The Hall–Kier alpha value is -1.10. The molecule has 1 unspecified atom stereocenters. The molecule has 0 saturated heterocycles. The molecule has 21 heavy (non-hydrogen) atoms. The summed E-state index contributed by atoms with van der Waals surface area (Å²) in [6.07, 6.45) is 2.21. The summed E-state index contributed by atoms with van der Waals surface area (Å²) in [5.41, 5.74) is 4.06. The van der Waals surface area contributed by atoms with Crippen LogP contribution in [-0.4, -0.2) is 11.5 Å². The Bertz CT molecular complexity index is 802. The number of rotatable bonds is 2. The normalized spacial score (nSPS) is 18.1. The molecule has 1 aliphatic rings. The number of nitrogens with one attached hydrogen (secondary N) is 2. The van der Waals surface area contributed by atoms with E-state index in [0.717, 1.165) is 23.9 Å². The van der Waals surface area contributed by atoms with Gasteiger partial charge in [-0.3, -0.25) is 0 Å². The number of benzene rings is 1. The van der Waals surface area contributed by atoms with Crippen molar-refractivity contribution in [2.45, 2.75) is 25.8 Å². The van der Waals surface area contributed by atoms with E-state index in [0.29, 0.717) is 6.04 Å². The second-order valence-corrected chi connectivity index (χ2v) is 7.62. The first kappa shape index (κ1) is 13.6. The van der Waals surface area contributed by atoms with Gasteiger partial charge in [-0.15, -0.1) is 11.3 Å². The lowest BCUT2D eigenvalue weighted by molar-refractivity contribution is 0.567. The summed E-state index contributed by atoms with van der Waals surface area (Å²) in [6, 6.07) is 11.4. The maximum atomic E-state index is 3.67. The van der Waals surface area contributed by atoms with Crippen molar-refractivity contribution in [3.05, 3.63) is 55.8 Å². The number of halogens is 1. The Labute approximate surface area is 136 Å². The lowest BCUT2D eigenvalue weighted by Crippen LogP contribution is -2.29. The van der Waals surface area contributed by atoms with E-state index in [1.807, 2.05) is 11.3 Å². The van der Waals surface area contributed by atoms with E-state index in [2.05, 4.69) is 63.5 Å². The molecule has 3 heterocycles. The number of hydrogen-bond donors (Lipinski definition) is 2. The molecule has 0 amide bonds. The number of hydrogen-bond acceptors (Lipinski definition) is 2. The number of fused-ring (bicyclic) bond motifs is 3. The number of thiophene rings is 1. The fourth-order valence-corrected chi connectivity index (χ4v) is 4.58. The lowest BCUT2D eigenvalue weighted by Gasteiger charge is -2.23. The summed E-state index contributed by atoms with van der Waals surface area (Å²) in [5.74, 6) is 0. The molecule has 0 saturated carbocycles. The van der Waals surface area contributed by atoms with Crippen LogP contribution in [0.3, 0.4) is 0 Å². The molecule has 0 aliphatic carbocycles. The lowest BCUT2D eigenvalue weighted by atomic mass is 9.98. The molecule has 1 aliphatic heterocycles. The monoisotopic (exact) mass is 360 g/mol. The van der Waals surface area contributed by atoms with Gasteiger partial charge in [0, 0.05) is 37.4 Å². The predicted octanol–water partition coefficient (Wildman–Crippen LogP) is 4.79. The van der Waals surface area contributed by atoms with Gasteiger partial charge >= 0.3 is 0 Å². The third-order valence-corrected chi connectivity index (χ3v) is 6.02. The Morgan fingerprint density at radius 3 is 3.00 bits per heavy atom. The molecule has 0 radical (unpaired) electrons. The summed E-state index contributed by atoms with van der Waals surface area (Å²) in [7, 11) is 0. The summed E-state index contributed by atoms with van der Waals surface area (Å²) < 4.78 is 1.15. The fourth-order valence-electron chi connectivity index (χ4n) is 3.18. The number of aromatic amines is 1. The van der Waals surface area contributed by atoms with Crippen molar-refractivity contribution in [1.29, 1.82) is 0 Å². The van der Waals surface area contributed by atoms with Gasteiger partial charge < -0.3 is 10.3 Å². The predicted molar refractivity (Wildman–Crippen MR) is 93.2 cm³/mol. The zero-order valence-corrected chi connectivity index (χ0v) is 14.3. The third kappa shape index (κ3) is 2.26. The first-order valence-corrected chi connectivity index (χ1v) is 8.99. The molecule has 1 aromatic carbocycles. The van der Waals surface area contributed by atoms with Crippen LogP contribution in [0.4, 0.5) is 0 Å². The minimum Gasteiger partial charge on any atom is -0.357 e. The van der Waals surface area contributed by atoms with E-state index in [1.54, 1.807) is 0 Å². The Balaban J connectivity index is 1.85. The summed E-state index contributed by atoms with van der Waals surface area (Å²) in [5, 5.41) is 5.03. The zero-order chi connectivity index (χ0) is 14.4. The van der Waals surface area contributed by atoms with E-state index in [4.69, 9.17) is 0 Å². The van der Waals surface area contributed by atoms with Gasteiger partial charge in [0.2, 0.25) is 0 Å². The SMILES string of the molecule is CCc1ccc(C2NCCc3c2[nH]c2ccc(Br)cc32)s1. The van der Waals surface area contributed by atoms with Crippen LogP contribution in [0, 0.1) is 0 Å². The van der Waals surface area contributed by atoms with Gasteiger partial charge in [-0.2, -0.15) is 0 Å². The number of H-pyrrole nitrogens is 1. The second kappa shape index (κ2) is 5.27. The average molecular weight is 361 g/mol. The molecule has 4 heteroatoms. The van der Waals surface area contributed by atoms with Crippen LogP contribution in [0.5, 0.6) is 0 Å². The molecule has 108 valence electrons. The van der Waals surface area contributed by atoms with Crippen LogP contribution in [0.15, 0.2) is 34.8 Å². The quantitative estimate of drug-likeness (QED) is 0.675. The minimum atomic E-state index is 0.310. The molecule has 0 spiro atoms. The molecule has 0 fully saturated rings. The van der Waals surface area contributed by atoms with Gasteiger partial charge in [0.1, 0.15) is 0 Å². The standard InChI is InChI=1S/C17H17BrN2S/c1-2-11-4-6-15(21-11)17-16-12(7-8-19-17)13-9-10(18)3-5-14(13)20-16/h3-6,9,17,19-20H,2,7-8H2,1H3. The highest BCUT2D eigenvalue weighted by Crippen LogP contribution is 2.36. The van der Waals surface area contributed by atoms with Crippen molar-refractivity contribution in [3.8, 4) is 0 Å². The van der Waals surface area contributed by atoms with Crippen LogP contribution >= 0.6 is 27.3 Å². The maximum absolute atomic E-state index is 3.67. The summed E-state index contributed by atoms with van der Waals surface area (Å²) in [6.45, 7) is 3.26. The molecule has 4 rings (SSSR count). The van der Waals surface area contributed by atoms with Crippen molar-refractivity contribution < 1.29 is 0 Å². The van der Waals surface area contributed by atoms with E-state index in [9.17, 15) is 0 Å². The Morgan fingerprint density at radius 1 is 1.29 bits per heavy atom. The largest absolute Gasteiger partial charge is 0.357 e. The smallest absolute Gasteiger partial charge is 0.0826 e. The topological polar surface area (TPSA) is 27.8 Å². The molecule has 1 atom stereocenters. The second-order valence-electron chi connectivity index (χ2n) is 5.50. The van der Waals surface area contributed by atoms with Crippen LogP contribution in [0.25, 0.3) is 10.9 Å². The molecule has 2 N–H and O–H groups in total. The van der Waals surface area contributed by atoms with E-state index in [-0.39, 0.29) is 0 Å². The summed E-state index contributed by atoms with van der Waals surface area (Å²) >= 11 is 5.51. The van der Waals surface area contributed by atoms with Crippen molar-refractivity contribution in [1.82, 2.24) is 10.3 Å². The number of aromatic nitrogens is 1. The fraction of sp³-hybridized carbons (Fsp3) is 0.294. The van der Waals surface area contributed by atoms with Crippen LogP contribution in [0.2, 0.25) is 0 Å². The first-order valence-electron chi connectivity index (χ1n) is 7.38. The highest BCUT2D eigenvalue weighted by Gasteiger charge is 2.26. The van der Waals surface area contributed by atoms with Crippen molar-refractivity contribution in [3.63, 3.8) is 0 Å². The van der Waals surface area contributed by atoms with Crippen LogP contribution < -0.4 is 5.32 Å². The third-order valence-electron chi connectivity index (χ3n) is 4.23. The number of aryl methyl sites for hydroxylation is 1. The minimum absolute atomic E-state index is 0.310. The Kier molecular flexibility index (Phi) is 3.40. The van der Waals surface area contributed by atoms with E-state index in [1.165, 1.54) is 31.9 Å². The highest BCUT2D eigenvalue weighted by molar-refractivity contribution is 9.10. The van der Waals surface area contributed by atoms with Gasteiger partial charge in [-0.1, -0.05) is 22.9 Å². The van der Waals surface area contributed by atoms with Gasteiger partial charge in [0.25, 0.3) is 0 Å². The van der Waals surface area contributed by atoms with E-state index < -0.39 is 0 Å². The summed E-state index contributed by atoms with van der Waals surface area (Å²) in [4.78, 5) is 6.51. The molecular formula is C17H17BrN2S. The molecule has 3 aromatic rings. The zero-order valence-electron chi connectivity index (χ0n) is 11.9. The first-order chi connectivity index (χ1) is 10.3. The van der Waals surface area contributed by atoms with Crippen molar-refractivity contribution >= 4 is 38.2 Å². The Morgan fingerprint density at radius 2 is 2.19 bits per heavy atom. The highest BCUT2D eigenvalue weighted by atomic mass is 79.9.